The van der Waals surface area contributed by atoms with E-state index in [4.69, 9.17) is 9.47 Å². The van der Waals surface area contributed by atoms with Crippen molar-refractivity contribution in [2.24, 2.45) is 0 Å². The van der Waals surface area contributed by atoms with Gasteiger partial charge in [-0.1, -0.05) is 23.8 Å². The highest BCUT2D eigenvalue weighted by Gasteiger charge is 2.18. The number of amides is 1. The van der Waals surface area contributed by atoms with E-state index < -0.39 is 12.1 Å². The molecule has 7 heteroatoms. The van der Waals surface area contributed by atoms with Crippen LogP contribution < -0.4 is 15.6 Å². The Bertz CT molecular complexity index is 1120. The van der Waals surface area contributed by atoms with Crippen LogP contribution in [0.4, 0.5) is 5.69 Å². The lowest BCUT2D eigenvalue weighted by Gasteiger charge is -2.15. The Labute approximate surface area is 174 Å². The molecule has 0 aliphatic carbocycles. The number of nitrogens with one attached hydrogen (secondary N) is 1. The van der Waals surface area contributed by atoms with Crippen LogP contribution in [-0.2, 0) is 20.9 Å². The van der Waals surface area contributed by atoms with Gasteiger partial charge < -0.3 is 19.4 Å². The van der Waals surface area contributed by atoms with Crippen LogP contribution in [0.25, 0.3) is 10.8 Å². The summed E-state index contributed by atoms with van der Waals surface area (Å²) >= 11 is 0. The SMILES string of the molecule is CCOC(=O)[C@@H](C)Oc1cccc2c(=O)n(CC(=O)Nc3ccc(C)cc3)ccc12. The van der Waals surface area contributed by atoms with Gasteiger partial charge in [-0.05, 0) is 51.1 Å². The van der Waals surface area contributed by atoms with Crippen molar-refractivity contribution in [1.82, 2.24) is 4.57 Å². The summed E-state index contributed by atoms with van der Waals surface area (Å²) in [6.45, 7) is 5.42. The number of aromatic nitrogens is 1. The van der Waals surface area contributed by atoms with E-state index in [1.807, 2.05) is 31.2 Å². The number of carbonyl (C=O) groups excluding carboxylic acids is 2. The maximum atomic E-state index is 12.9. The van der Waals surface area contributed by atoms with E-state index in [9.17, 15) is 14.4 Å². The normalized spacial score (nSPS) is 11.7. The van der Waals surface area contributed by atoms with Gasteiger partial charge in [0.05, 0.1) is 12.0 Å². The van der Waals surface area contributed by atoms with E-state index in [0.29, 0.717) is 22.2 Å². The first kappa shape index (κ1) is 21.1. The molecule has 156 valence electrons. The van der Waals surface area contributed by atoms with Crippen molar-refractivity contribution in [3.8, 4) is 5.75 Å². The molecule has 1 aromatic heterocycles. The highest BCUT2D eigenvalue weighted by atomic mass is 16.6. The molecule has 3 aromatic rings. The second kappa shape index (κ2) is 9.26. The third-order valence-corrected chi connectivity index (χ3v) is 4.55. The molecule has 30 heavy (non-hydrogen) atoms. The van der Waals surface area contributed by atoms with Crippen molar-refractivity contribution in [3.63, 3.8) is 0 Å². The van der Waals surface area contributed by atoms with Gasteiger partial charge >= 0.3 is 5.97 Å². The summed E-state index contributed by atoms with van der Waals surface area (Å²) in [5.41, 5.74) is 1.44. The molecule has 0 spiro atoms. The molecule has 0 aliphatic heterocycles. The van der Waals surface area contributed by atoms with Gasteiger partial charge in [0.15, 0.2) is 6.10 Å². The zero-order valence-corrected chi connectivity index (χ0v) is 17.2. The van der Waals surface area contributed by atoms with Crippen LogP contribution >= 0.6 is 0 Å². The number of ether oxygens (including phenoxy) is 2. The minimum absolute atomic E-state index is 0.118. The first-order valence-corrected chi connectivity index (χ1v) is 9.71. The summed E-state index contributed by atoms with van der Waals surface area (Å²) in [4.78, 5) is 37.1. The first-order chi connectivity index (χ1) is 14.4. The zero-order chi connectivity index (χ0) is 21.7. The first-order valence-electron chi connectivity index (χ1n) is 9.71. The summed E-state index contributed by atoms with van der Waals surface area (Å²) in [7, 11) is 0. The van der Waals surface area contributed by atoms with Gasteiger partial charge in [-0.15, -0.1) is 0 Å². The number of rotatable bonds is 7. The number of nitrogens with zero attached hydrogens (tertiary/aromatic N) is 1. The monoisotopic (exact) mass is 408 g/mol. The molecule has 2 aromatic carbocycles. The maximum absolute atomic E-state index is 12.9. The lowest BCUT2D eigenvalue weighted by atomic mass is 10.1. The number of hydrogen-bond donors (Lipinski definition) is 1. The predicted molar refractivity (Wildman–Crippen MR) is 115 cm³/mol. The number of aryl methyl sites for hydroxylation is 1. The van der Waals surface area contributed by atoms with Crippen LogP contribution in [0.15, 0.2) is 59.5 Å². The van der Waals surface area contributed by atoms with E-state index in [1.165, 1.54) is 4.57 Å². The Balaban J connectivity index is 1.80. The number of fused-ring (bicyclic) bond motifs is 1. The summed E-state index contributed by atoms with van der Waals surface area (Å²) in [6.07, 6.45) is 0.736. The molecular weight excluding hydrogens is 384 g/mol. The quantitative estimate of drug-likeness (QED) is 0.607. The fourth-order valence-electron chi connectivity index (χ4n) is 3.01. The minimum Gasteiger partial charge on any atom is -0.478 e. The lowest BCUT2D eigenvalue weighted by Crippen LogP contribution is -2.28. The van der Waals surface area contributed by atoms with Crippen LogP contribution in [-0.4, -0.2) is 29.2 Å². The molecule has 0 saturated carbocycles. The topological polar surface area (TPSA) is 86.6 Å². The second-order valence-corrected chi connectivity index (χ2v) is 6.89. The summed E-state index contributed by atoms with van der Waals surface area (Å²) in [6, 6.07) is 14.1. The van der Waals surface area contributed by atoms with Crippen LogP contribution in [0.1, 0.15) is 19.4 Å². The Morgan fingerprint density at radius 1 is 1.07 bits per heavy atom. The Morgan fingerprint density at radius 2 is 1.80 bits per heavy atom. The van der Waals surface area contributed by atoms with Crippen LogP contribution in [0.5, 0.6) is 5.75 Å². The molecule has 1 amide bonds. The minimum atomic E-state index is -0.807. The van der Waals surface area contributed by atoms with E-state index in [0.717, 1.165) is 5.56 Å². The molecule has 1 N–H and O–H groups in total. The number of esters is 1. The van der Waals surface area contributed by atoms with Gasteiger partial charge in [0.25, 0.3) is 5.56 Å². The van der Waals surface area contributed by atoms with Gasteiger partial charge in [0.2, 0.25) is 5.91 Å². The van der Waals surface area contributed by atoms with E-state index in [1.54, 1.807) is 44.3 Å². The number of anilines is 1. The smallest absolute Gasteiger partial charge is 0.347 e. The van der Waals surface area contributed by atoms with E-state index >= 15 is 0 Å². The Kier molecular flexibility index (Phi) is 6.51. The standard InChI is InChI=1S/C23H24N2O5/c1-4-29-23(28)16(3)30-20-7-5-6-19-18(20)12-13-25(22(19)27)14-21(26)24-17-10-8-15(2)9-11-17/h5-13,16H,4,14H2,1-3H3,(H,24,26)/t16-/m1/s1. The number of benzene rings is 2. The molecule has 1 heterocycles. The van der Waals surface area contributed by atoms with Gasteiger partial charge in [0.1, 0.15) is 12.3 Å². The average Bonchev–Trinajstić information content (AvgIpc) is 2.72. The van der Waals surface area contributed by atoms with Crippen molar-refractivity contribution in [3.05, 3.63) is 70.6 Å². The van der Waals surface area contributed by atoms with Gasteiger partial charge in [0, 0.05) is 17.3 Å². The predicted octanol–water partition coefficient (Wildman–Crippen LogP) is 3.28. The maximum Gasteiger partial charge on any atom is 0.347 e. The molecular formula is C23H24N2O5. The van der Waals surface area contributed by atoms with Crippen molar-refractivity contribution in [2.75, 3.05) is 11.9 Å². The molecule has 0 unspecified atom stereocenters. The van der Waals surface area contributed by atoms with Crippen molar-refractivity contribution < 1.29 is 19.1 Å². The molecule has 0 radical (unpaired) electrons. The molecule has 0 fully saturated rings. The van der Waals surface area contributed by atoms with E-state index in [2.05, 4.69) is 5.32 Å². The largest absolute Gasteiger partial charge is 0.478 e. The molecule has 7 nitrogen and oxygen atoms in total. The number of pyridine rings is 1. The average molecular weight is 408 g/mol. The molecule has 1 atom stereocenters. The van der Waals surface area contributed by atoms with Crippen LogP contribution in [0, 0.1) is 6.92 Å². The third-order valence-electron chi connectivity index (χ3n) is 4.55. The summed E-state index contributed by atoms with van der Waals surface area (Å²) in [5, 5.41) is 3.74. The number of hydrogen-bond acceptors (Lipinski definition) is 5. The van der Waals surface area contributed by atoms with E-state index in [-0.39, 0.29) is 24.6 Å². The highest BCUT2D eigenvalue weighted by Crippen LogP contribution is 2.24. The van der Waals surface area contributed by atoms with Crippen molar-refractivity contribution in [2.45, 2.75) is 33.4 Å². The molecule has 0 saturated heterocycles. The lowest BCUT2D eigenvalue weighted by molar-refractivity contribution is -0.150. The fourth-order valence-corrected chi connectivity index (χ4v) is 3.01. The van der Waals surface area contributed by atoms with Gasteiger partial charge in [-0.25, -0.2) is 4.79 Å². The fraction of sp³-hybridized carbons (Fsp3) is 0.261. The Hall–Kier alpha value is -3.61. The Morgan fingerprint density at radius 3 is 2.50 bits per heavy atom. The van der Waals surface area contributed by atoms with Crippen LogP contribution in [0.2, 0.25) is 0 Å². The highest BCUT2D eigenvalue weighted by molar-refractivity contribution is 5.91. The van der Waals surface area contributed by atoms with Gasteiger partial charge in [-0.2, -0.15) is 0 Å². The van der Waals surface area contributed by atoms with Crippen molar-refractivity contribution >= 4 is 28.3 Å². The second-order valence-electron chi connectivity index (χ2n) is 6.89. The molecule has 0 bridgehead atoms. The van der Waals surface area contributed by atoms with Gasteiger partial charge in [-0.3, -0.25) is 9.59 Å². The van der Waals surface area contributed by atoms with Crippen LogP contribution in [0.3, 0.4) is 0 Å². The molecule has 0 aliphatic rings. The number of carbonyl (C=O) groups is 2. The molecule has 3 rings (SSSR count). The summed E-state index contributed by atoms with van der Waals surface area (Å²) in [5.74, 6) is -0.374. The third kappa shape index (κ3) is 4.86. The summed E-state index contributed by atoms with van der Waals surface area (Å²) < 4.78 is 12.0. The zero-order valence-electron chi connectivity index (χ0n) is 17.2. The van der Waals surface area contributed by atoms with Crippen molar-refractivity contribution in [1.29, 1.82) is 0 Å².